The lowest BCUT2D eigenvalue weighted by Gasteiger charge is -2.28. The molecule has 25 heavy (non-hydrogen) atoms. The van der Waals surface area contributed by atoms with Crippen molar-refractivity contribution in [2.24, 2.45) is 0 Å². The average Bonchev–Trinajstić information content (AvgIpc) is 2.65. The van der Waals surface area contributed by atoms with Crippen LogP contribution < -0.4 is 4.74 Å². The smallest absolute Gasteiger partial charge is 0.159 e. The lowest BCUT2D eigenvalue weighted by molar-refractivity contribution is 0.255. The Bertz CT molecular complexity index is 890. The monoisotopic (exact) mass is 333 g/mol. The number of pyridine rings is 2. The van der Waals surface area contributed by atoms with Gasteiger partial charge in [0, 0.05) is 43.3 Å². The van der Waals surface area contributed by atoms with E-state index in [-0.39, 0.29) is 0 Å². The van der Waals surface area contributed by atoms with E-state index in [0.717, 1.165) is 49.3 Å². The fraction of sp³-hybridized carbons (Fsp3) is 0.333. The van der Waals surface area contributed by atoms with Crippen molar-refractivity contribution < 1.29 is 4.74 Å². The van der Waals surface area contributed by atoms with Gasteiger partial charge in [-0.1, -0.05) is 12.1 Å². The highest BCUT2D eigenvalue weighted by Gasteiger charge is 2.18. The molecule has 2 aromatic heterocycles. The summed E-state index contributed by atoms with van der Waals surface area (Å²) in [7, 11) is 1.70. The first kappa shape index (κ1) is 16.0. The van der Waals surface area contributed by atoms with Crippen LogP contribution in [0.3, 0.4) is 0 Å². The van der Waals surface area contributed by atoms with Crippen LogP contribution in [-0.2, 0) is 19.4 Å². The second-order valence-corrected chi connectivity index (χ2v) is 6.78. The normalized spacial score (nSPS) is 14.5. The summed E-state index contributed by atoms with van der Waals surface area (Å²) in [6, 6.07) is 12.8. The number of hydrogen-bond donors (Lipinski definition) is 0. The first-order chi connectivity index (χ1) is 12.2. The molecular weight excluding hydrogens is 310 g/mol. The number of aryl methyl sites for hydroxylation is 1. The summed E-state index contributed by atoms with van der Waals surface area (Å²) in [4.78, 5) is 11.8. The van der Waals surface area contributed by atoms with Crippen LogP contribution in [0.2, 0.25) is 0 Å². The van der Waals surface area contributed by atoms with E-state index in [4.69, 9.17) is 9.72 Å². The third kappa shape index (κ3) is 3.49. The van der Waals surface area contributed by atoms with Gasteiger partial charge in [0.2, 0.25) is 0 Å². The highest BCUT2D eigenvalue weighted by Crippen LogP contribution is 2.22. The van der Waals surface area contributed by atoms with Gasteiger partial charge in [0.05, 0.1) is 7.11 Å². The number of hydrogen-bond acceptors (Lipinski definition) is 4. The van der Waals surface area contributed by atoms with Gasteiger partial charge in [0.25, 0.3) is 0 Å². The summed E-state index contributed by atoms with van der Waals surface area (Å²) in [5.74, 6) is 0.914. The molecule has 0 aliphatic carbocycles. The maximum Gasteiger partial charge on any atom is 0.159 e. The molecule has 4 rings (SSSR count). The molecular formula is C21H23N3O. The zero-order chi connectivity index (χ0) is 17.2. The number of fused-ring (bicyclic) bond motifs is 2. The fourth-order valence-electron chi connectivity index (χ4n) is 3.46. The minimum Gasteiger partial charge on any atom is -0.497 e. The maximum absolute atomic E-state index is 5.22. The second kappa shape index (κ2) is 6.81. The molecule has 0 saturated heterocycles. The van der Waals surface area contributed by atoms with Gasteiger partial charge in [-0.3, -0.25) is 4.90 Å². The molecule has 1 aliphatic rings. The molecule has 3 heterocycles. The number of aromatic nitrogens is 2. The van der Waals surface area contributed by atoms with Crippen molar-refractivity contribution in [1.82, 2.24) is 14.9 Å². The average molecular weight is 333 g/mol. The van der Waals surface area contributed by atoms with E-state index < -0.39 is 0 Å². The van der Waals surface area contributed by atoms with Gasteiger partial charge in [-0.05, 0) is 54.3 Å². The predicted octanol–water partition coefficient (Wildman–Crippen LogP) is 3.55. The van der Waals surface area contributed by atoms with Crippen LogP contribution in [0.5, 0.6) is 5.75 Å². The van der Waals surface area contributed by atoms with Crippen molar-refractivity contribution in [3.63, 3.8) is 0 Å². The standard InChI is InChI=1S/C21H23N3O/c1-15-11-17-12-18-14-24(10-8-20(18)23-21(17)22-13-15)9-7-16-3-5-19(25-2)6-4-16/h3-6,11-13H,7-10,14H2,1-2H3. The summed E-state index contributed by atoms with van der Waals surface area (Å²) in [5.41, 5.74) is 5.96. The predicted molar refractivity (Wildman–Crippen MR) is 100.0 cm³/mol. The second-order valence-electron chi connectivity index (χ2n) is 6.78. The van der Waals surface area contributed by atoms with Crippen LogP contribution in [0.4, 0.5) is 0 Å². The first-order valence-electron chi connectivity index (χ1n) is 8.82. The number of ether oxygens (including phenoxy) is 1. The Labute approximate surface area is 148 Å². The zero-order valence-corrected chi connectivity index (χ0v) is 14.8. The minimum atomic E-state index is 0.871. The molecule has 0 amide bonds. The Morgan fingerprint density at radius 1 is 1.16 bits per heavy atom. The van der Waals surface area contributed by atoms with Crippen molar-refractivity contribution in [1.29, 1.82) is 0 Å². The van der Waals surface area contributed by atoms with Gasteiger partial charge in [-0.25, -0.2) is 9.97 Å². The van der Waals surface area contributed by atoms with Crippen molar-refractivity contribution in [2.45, 2.75) is 26.3 Å². The van der Waals surface area contributed by atoms with E-state index in [1.54, 1.807) is 7.11 Å². The molecule has 4 nitrogen and oxygen atoms in total. The third-order valence-electron chi connectivity index (χ3n) is 4.91. The van der Waals surface area contributed by atoms with Crippen LogP contribution in [0.25, 0.3) is 11.0 Å². The first-order valence-corrected chi connectivity index (χ1v) is 8.82. The molecule has 0 radical (unpaired) electrons. The summed E-state index contributed by atoms with van der Waals surface area (Å²) in [6.45, 7) is 5.18. The molecule has 0 bridgehead atoms. The van der Waals surface area contributed by atoms with E-state index in [2.05, 4.69) is 41.1 Å². The molecule has 0 saturated carbocycles. The number of benzene rings is 1. The third-order valence-corrected chi connectivity index (χ3v) is 4.91. The molecule has 1 aliphatic heterocycles. The molecule has 0 N–H and O–H groups in total. The molecule has 0 atom stereocenters. The Morgan fingerprint density at radius 2 is 2.00 bits per heavy atom. The molecule has 0 fully saturated rings. The van der Waals surface area contributed by atoms with Crippen LogP contribution in [0.1, 0.15) is 22.4 Å². The molecule has 0 unspecified atom stereocenters. The molecule has 128 valence electrons. The Kier molecular flexibility index (Phi) is 4.36. The van der Waals surface area contributed by atoms with E-state index in [1.807, 2.05) is 18.3 Å². The lowest BCUT2D eigenvalue weighted by atomic mass is 10.0. The Hall–Kier alpha value is -2.46. The highest BCUT2D eigenvalue weighted by atomic mass is 16.5. The quantitative estimate of drug-likeness (QED) is 0.732. The number of rotatable bonds is 4. The highest BCUT2D eigenvalue weighted by molar-refractivity contribution is 5.76. The minimum absolute atomic E-state index is 0.871. The molecule has 3 aromatic rings. The SMILES string of the molecule is COc1ccc(CCN2CCc3nc4ncc(C)cc4cc3C2)cc1. The largest absolute Gasteiger partial charge is 0.497 e. The van der Waals surface area contributed by atoms with E-state index in [0.29, 0.717) is 0 Å². The van der Waals surface area contributed by atoms with Gasteiger partial charge in [-0.2, -0.15) is 0 Å². The summed E-state index contributed by atoms with van der Waals surface area (Å²) >= 11 is 0. The number of methoxy groups -OCH3 is 1. The molecule has 1 aromatic carbocycles. The summed E-state index contributed by atoms with van der Waals surface area (Å²) in [5, 5.41) is 1.15. The van der Waals surface area contributed by atoms with E-state index in [9.17, 15) is 0 Å². The van der Waals surface area contributed by atoms with Crippen LogP contribution in [-0.4, -0.2) is 35.1 Å². The van der Waals surface area contributed by atoms with Crippen molar-refractivity contribution in [3.05, 3.63) is 65.0 Å². The molecule has 0 spiro atoms. The topological polar surface area (TPSA) is 38.2 Å². The van der Waals surface area contributed by atoms with Crippen LogP contribution in [0, 0.1) is 6.92 Å². The van der Waals surface area contributed by atoms with Gasteiger partial charge in [0.1, 0.15) is 5.75 Å². The molecule has 4 heteroatoms. The Morgan fingerprint density at radius 3 is 2.80 bits per heavy atom. The van der Waals surface area contributed by atoms with Crippen molar-refractivity contribution in [2.75, 3.05) is 20.2 Å². The Balaban J connectivity index is 1.46. The lowest BCUT2D eigenvalue weighted by Crippen LogP contribution is -2.32. The summed E-state index contributed by atoms with van der Waals surface area (Å²) in [6.07, 6.45) is 3.95. The van der Waals surface area contributed by atoms with Gasteiger partial charge in [-0.15, -0.1) is 0 Å². The van der Waals surface area contributed by atoms with Crippen molar-refractivity contribution >= 4 is 11.0 Å². The van der Waals surface area contributed by atoms with Gasteiger partial charge >= 0.3 is 0 Å². The zero-order valence-electron chi connectivity index (χ0n) is 14.8. The van der Waals surface area contributed by atoms with Crippen LogP contribution >= 0.6 is 0 Å². The fourth-order valence-corrected chi connectivity index (χ4v) is 3.46. The van der Waals surface area contributed by atoms with E-state index >= 15 is 0 Å². The van der Waals surface area contributed by atoms with Crippen LogP contribution in [0.15, 0.2) is 42.6 Å². The van der Waals surface area contributed by atoms with E-state index in [1.165, 1.54) is 22.4 Å². The van der Waals surface area contributed by atoms with Crippen molar-refractivity contribution in [3.8, 4) is 5.75 Å². The van der Waals surface area contributed by atoms with Gasteiger partial charge < -0.3 is 4.74 Å². The number of nitrogens with zero attached hydrogens (tertiary/aromatic N) is 3. The maximum atomic E-state index is 5.22. The van der Waals surface area contributed by atoms with Gasteiger partial charge in [0.15, 0.2) is 5.65 Å². The summed E-state index contributed by atoms with van der Waals surface area (Å²) < 4.78 is 5.22.